The number of amides is 1. The van der Waals surface area contributed by atoms with E-state index in [1.165, 1.54) is 11.3 Å². The van der Waals surface area contributed by atoms with Crippen LogP contribution >= 0.6 is 27.3 Å². The van der Waals surface area contributed by atoms with Gasteiger partial charge in [0, 0.05) is 16.0 Å². The average molecular weight is 370 g/mol. The molecular formula is C13H12BrN3O3S. The van der Waals surface area contributed by atoms with Gasteiger partial charge in [0.05, 0.1) is 18.7 Å². The van der Waals surface area contributed by atoms with Crippen LogP contribution < -0.4 is 5.32 Å². The van der Waals surface area contributed by atoms with Crippen molar-refractivity contribution in [2.24, 2.45) is 0 Å². The molecule has 0 saturated carbocycles. The van der Waals surface area contributed by atoms with Gasteiger partial charge in [0.25, 0.3) is 5.91 Å². The Morgan fingerprint density at radius 1 is 1.43 bits per heavy atom. The molecule has 2 rings (SSSR count). The van der Waals surface area contributed by atoms with E-state index in [0.29, 0.717) is 23.1 Å². The third-order valence-corrected chi connectivity index (χ3v) is 3.64. The van der Waals surface area contributed by atoms with E-state index in [1.54, 1.807) is 30.6 Å². The highest BCUT2D eigenvalue weighted by Gasteiger charge is 2.12. The maximum absolute atomic E-state index is 11.9. The van der Waals surface area contributed by atoms with E-state index < -0.39 is 0 Å². The lowest BCUT2D eigenvalue weighted by atomic mass is 10.3. The quantitative estimate of drug-likeness (QED) is 0.819. The van der Waals surface area contributed by atoms with E-state index in [4.69, 9.17) is 4.74 Å². The number of nitrogens with zero attached hydrogens (tertiary/aromatic N) is 2. The lowest BCUT2D eigenvalue weighted by Gasteiger charge is -2.01. The molecule has 0 atom stereocenters. The van der Waals surface area contributed by atoms with E-state index in [0.717, 1.165) is 4.47 Å². The standard InChI is InChI=1S/C13H12BrN3O3S/c1-2-20-11(18)5-9-7-21-13(16-9)17-12(19)10-4-3-8(14)6-15-10/h3-4,6-7H,2,5H2,1H3,(H,16,17,19). The Bertz CT molecular complexity index is 642. The Labute approximate surface area is 133 Å². The number of carbonyl (C=O) groups is 2. The van der Waals surface area contributed by atoms with E-state index in [9.17, 15) is 9.59 Å². The van der Waals surface area contributed by atoms with E-state index in [2.05, 4.69) is 31.2 Å². The highest BCUT2D eigenvalue weighted by molar-refractivity contribution is 9.10. The summed E-state index contributed by atoms with van der Waals surface area (Å²) in [5.74, 6) is -0.685. The second kappa shape index (κ2) is 7.28. The molecule has 2 heterocycles. The Hall–Kier alpha value is -1.80. The van der Waals surface area contributed by atoms with Crippen molar-refractivity contribution >= 4 is 44.3 Å². The van der Waals surface area contributed by atoms with E-state index in [-0.39, 0.29) is 18.3 Å². The van der Waals surface area contributed by atoms with Crippen LogP contribution in [0.2, 0.25) is 0 Å². The molecule has 2 aromatic rings. The largest absolute Gasteiger partial charge is 0.466 e. The second-order valence-electron chi connectivity index (χ2n) is 3.94. The summed E-state index contributed by atoms with van der Waals surface area (Å²) in [5, 5.41) is 4.77. The highest BCUT2D eigenvalue weighted by atomic mass is 79.9. The van der Waals surface area contributed by atoms with Gasteiger partial charge in [-0.2, -0.15) is 0 Å². The number of rotatable bonds is 5. The van der Waals surface area contributed by atoms with Gasteiger partial charge in [0.1, 0.15) is 5.69 Å². The summed E-state index contributed by atoms with van der Waals surface area (Å²) in [7, 11) is 0. The third-order valence-electron chi connectivity index (χ3n) is 2.36. The predicted molar refractivity (Wildman–Crippen MR) is 82.3 cm³/mol. The summed E-state index contributed by atoms with van der Waals surface area (Å²) in [6.45, 7) is 2.08. The molecule has 0 aliphatic carbocycles. The molecule has 0 aliphatic heterocycles. The van der Waals surface area contributed by atoms with Crippen LogP contribution in [0.25, 0.3) is 0 Å². The fourth-order valence-corrected chi connectivity index (χ4v) is 2.42. The first-order valence-corrected chi connectivity index (χ1v) is 7.78. The van der Waals surface area contributed by atoms with Crippen LogP contribution in [0.4, 0.5) is 5.13 Å². The Kier molecular flexibility index (Phi) is 5.40. The summed E-state index contributed by atoms with van der Waals surface area (Å²) in [6.07, 6.45) is 1.64. The van der Waals surface area contributed by atoms with Crippen molar-refractivity contribution in [3.8, 4) is 0 Å². The first kappa shape index (κ1) is 15.6. The van der Waals surface area contributed by atoms with Crippen molar-refractivity contribution < 1.29 is 14.3 Å². The number of anilines is 1. The molecule has 1 N–H and O–H groups in total. The van der Waals surface area contributed by atoms with Gasteiger partial charge in [-0.3, -0.25) is 14.9 Å². The number of hydrogen-bond acceptors (Lipinski definition) is 6. The van der Waals surface area contributed by atoms with Crippen LogP contribution in [0.3, 0.4) is 0 Å². The molecule has 0 saturated heterocycles. The summed E-state index contributed by atoms with van der Waals surface area (Å²) < 4.78 is 5.64. The van der Waals surface area contributed by atoms with E-state index in [1.807, 2.05) is 0 Å². The van der Waals surface area contributed by atoms with Gasteiger partial charge in [-0.25, -0.2) is 9.97 Å². The molecule has 0 aliphatic rings. The van der Waals surface area contributed by atoms with Crippen molar-refractivity contribution in [1.29, 1.82) is 0 Å². The molecular weight excluding hydrogens is 358 g/mol. The number of nitrogens with one attached hydrogen (secondary N) is 1. The molecule has 21 heavy (non-hydrogen) atoms. The van der Waals surface area contributed by atoms with Crippen molar-refractivity contribution in [1.82, 2.24) is 9.97 Å². The number of esters is 1. The molecule has 0 aromatic carbocycles. The van der Waals surface area contributed by atoms with Crippen molar-refractivity contribution in [2.75, 3.05) is 11.9 Å². The topological polar surface area (TPSA) is 81.2 Å². The fourth-order valence-electron chi connectivity index (χ4n) is 1.48. The number of pyridine rings is 1. The first-order chi connectivity index (χ1) is 10.1. The second-order valence-corrected chi connectivity index (χ2v) is 5.72. The lowest BCUT2D eigenvalue weighted by Crippen LogP contribution is -2.13. The summed E-state index contributed by atoms with van der Waals surface area (Å²) in [6, 6.07) is 3.34. The molecule has 8 heteroatoms. The first-order valence-electron chi connectivity index (χ1n) is 6.11. The summed E-state index contributed by atoms with van der Waals surface area (Å²) in [5.41, 5.74) is 0.859. The van der Waals surface area contributed by atoms with Crippen molar-refractivity contribution in [2.45, 2.75) is 13.3 Å². The zero-order chi connectivity index (χ0) is 15.2. The molecule has 0 bridgehead atoms. The zero-order valence-electron chi connectivity index (χ0n) is 11.1. The molecule has 0 unspecified atom stereocenters. The molecule has 2 aromatic heterocycles. The maximum atomic E-state index is 11.9. The Morgan fingerprint density at radius 3 is 2.90 bits per heavy atom. The molecule has 6 nitrogen and oxygen atoms in total. The van der Waals surface area contributed by atoms with Crippen molar-refractivity contribution in [3.05, 3.63) is 39.6 Å². The van der Waals surface area contributed by atoms with Crippen molar-refractivity contribution in [3.63, 3.8) is 0 Å². The number of carbonyl (C=O) groups excluding carboxylic acids is 2. The minimum Gasteiger partial charge on any atom is -0.466 e. The lowest BCUT2D eigenvalue weighted by molar-refractivity contribution is -0.142. The normalized spacial score (nSPS) is 10.2. The molecule has 110 valence electrons. The van der Waals surface area contributed by atoms with Gasteiger partial charge >= 0.3 is 5.97 Å². The van der Waals surface area contributed by atoms with Crippen LogP contribution in [-0.2, 0) is 16.0 Å². The molecule has 0 radical (unpaired) electrons. The van der Waals surface area contributed by atoms with Gasteiger partial charge in [0.2, 0.25) is 0 Å². The highest BCUT2D eigenvalue weighted by Crippen LogP contribution is 2.17. The van der Waals surface area contributed by atoms with Gasteiger partial charge in [-0.05, 0) is 35.0 Å². The van der Waals surface area contributed by atoms with Gasteiger partial charge in [0.15, 0.2) is 5.13 Å². The van der Waals surface area contributed by atoms with Gasteiger partial charge in [-0.15, -0.1) is 11.3 Å². The van der Waals surface area contributed by atoms with Gasteiger partial charge in [-0.1, -0.05) is 0 Å². The third kappa shape index (κ3) is 4.61. The van der Waals surface area contributed by atoms with Gasteiger partial charge < -0.3 is 4.74 Å². The van der Waals surface area contributed by atoms with E-state index >= 15 is 0 Å². The molecule has 0 spiro atoms. The average Bonchev–Trinajstić information content (AvgIpc) is 2.86. The Balaban J connectivity index is 1.97. The number of ether oxygens (including phenoxy) is 1. The maximum Gasteiger partial charge on any atom is 0.311 e. The van der Waals surface area contributed by atoms with Crippen LogP contribution in [0.5, 0.6) is 0 Å². The molecule has 0 fully saturated rings. The minimum absolute atomic E-state index is 0.0940. The smallest absolute Gasteiger partial charge is 0.311 e. The van der Waals surface area contributed by atoms with Crippen LogP contribution in [0, 0.1) is 0 Å². The summed E-state index contributed by atoms with van der Waals surface area (Å²) in [4.78, 5) is 31.4. The fraction of sp³-hybridized carbons (Fsp3) is 0.231. The Morgan fingerprint density at radius 2 is 2.24 bits per heavy atom. The summed E-state index contributed by atoms with van der Waals surface area (Å²) >= 11 is 4.50. The van der Waals surface area contributed by atoms with Crippen LogP contribution in [0.15, 0.2) is 28.2 Å². The predicted octanol–water partition coefficient (Wildman–Crippen LogP) is 2.66. The SMILES string of the molecule is CCOC(=O)Cc1csc(NC(=O)c2ccc(Br)cn2)n1. The number of thiazole rings is 1. The minimum atomic E-state index is -0.348. The molecule has 1 amide bonds. The number of hydrogen-bond donors (Lipinski definition) is 1. The monoisotopic (exact) mass is 369 g/mol. The zero-order valence-corrected chi connectivity index (χ0v) is 13.5. The van der Waals surface area contributed by atoms with Crippen LogP contribution in [-0.4, -0.2) is 28.5 Å². The number of aromatic nitrogens is 2. The van der Waals surface area contributed by atoms with Crippen LogP contribution in [0.1, 0.15) is 23.1 Å². The number of halogens is 1.